The van der Waals surface area contributed by atoms with E-state index >= 15 is 0 Å². The third-order valence-corrected chi connectivity index (χ3v) is 4.77. The molecule has 2 N–H and O–H groups in total. The summed E-state index contributed by atoms with van der Waals surface area (Å²) in [4.78, 5) is 0. The van der Waals surface area contributed by atoms with Crippen LogP contribution in [-0.2, 0) is 0 Å². The second-order valence-corrected chi connectivity index (χ2v) is 6.39. The molecule has 0 bridgehead atoms. The van der Waals surface area contributed by atoms with Crippen molar-refractivity contribution in [2.45, 2.75) is 51.0 Å². The predicted molar refractivity (Wildman–Crippen MR) is 89.5 cm³/mol. The molecule has 0 spiro atoms. The summed E-state index contributed by atoms with van der Waals surface area (Å²) in [6.45, 7) is 2.11. The first kappa shape index (κ1) is 14.3. The Bertz CT molecular complexity index is 579. The van der Waals surface area contributed by atoms with E-state index in [1.807, 2.05) is 0 Å². The van der Waals surface area contributed by atoms with Gasteiger partial charge in [-0.25, -0.2) is 0 Å². The summed E-state index contributed by atoms with van der Waals surface area (Å²) in [5, 5.41) is 0. The molecule has 1 fully saturated rings. The monoisotopic (exact) mass is 279 g/mol. The average Bonchev–Trinajstić information content (AvgIpc) is 2.55. The molecule has 2 aromatic carbocycles. The first-order valence-electron chi connectivity index (χ1n) is 8.16. The maximum atomic E-state index is 6.41. The zero-order valence-corrected chi connectivity index (χ0v) is 12.9. The molecule has 0 saturated heterocycles. The van der Waals surface area contributed by atoms with Crippen LogP contribution in [0.2, 0.25) is 0 Å². The van der Waals surface area contributed by atoms with Gasteiger partial charge in [-0.05, 0) is 42.4 Å². The van der Waals surface area contributed by atoms with E-state index in [0.29, 0.717) is 0 Å². The smallest absolute Gasteiger partial charge is 0.0551 e. The van der Waals surface area contributed by atoms with Gasteiger partial charge in [-0.3, -0.25) is 0 Å². The van der Waals surface area contributed by atoms with Crippen LogP contribution in [0.15, 0.2) is 48.5 Å². The fraction of sp³-hybridized carbons (Fsp3) is 0.400. The molecule has 1 heteroatoms. The maximum absolute atomic E-state index is 6.41. The summed E-state index contributed by atoms with van der Waals surface area (Å²) >= 11 is 0. The van der Waals surface area contributed by atoms with Gasteiger partial charge in [0.2, 0.25) is 0 Å². The molecule has 110 valence electrons. The lowest BCUT2D eigenvalue weighted by molar-refractivity contribution is 0.443. The Hall–Kier alpha value is -1.60. The summed E-state index contributed by atoms with van der Waals surface area (Å²) in [7, 11) is 0. The number of hydrogen-bond donors (Lipinski definition) is 1. The van der Waals surface area contributed by atoms with E-state index in [-0.39, 0.29) is 6.04 Å². The first-order valence-corrected chi connectivity index (χ1v) is 8.16. The van der Waals surface area contributed by atoms with Crippen LogP contribution < -0.4 is 5.73 Å². The summed E-state index contributed by atoms with van der Waals surface area (Å²) < 4.78 is 0. The highest BCUT2D eigenvalue weighted by atomic mass is 14.6. The van der Waals surface area contributed by atoms with Gasteiger partial charge in [0, 0.05) is 0 Å². The zero-order valence-electron chi connectivity index (χ0n) is 12.9. The lowest BCUT2D eigenvalue weighted by Crippen LogP contribution is -2.12. The number of benzene rings is 2. The summed E-state index contributed by atoms with van der Waals surface area (Å²) in [5.74, 6) is 0.767. The lowest BCUT2D eigenvalue weighted by Gasteiger charge is -2.22. The summed E-state index contributed by atoms with van der Waals surface area (Å²) in [6, 6.07) is 17.5. The van der Waals surface area contributed by atoms with Crippen LogP contribution >= 0.6 is 0 Å². The second-order valence-electron chi connectivity index (χ2n) is 6.39. The third kappa shape index (κ3) is 3.36. The number of hydrogen-bond acceptors (Lipinski definition) is 1. The lowest BCUT2D eigenvalue weighted by atomic mass is 9.83. The van der Waals surface area contributed by atoms with Crippen molar-refractivity contribution in [2.24, 2.45) is 5.73 Å². The van der Waals surface area contributed by atoms with Crippen molar-refractivity contribution in [1.82, 2.24) is 0 Å². The fourth-order valence-corrected chi connectivity index (χ4v) is 3.47. The highest BCUT2D eigenvalue weighted by Crippen LogP contribution is 2.33. The standard InChI is InChI=1S/C20H25N/c1-15-6-5-9-19(14-15)20(21)18-12-10-17(11-13-18)16-7-3-2-4-8-16/h5-6,9-14,16,20H,2-4,7-8,21H2,1H3. The Labute approximate surface area is 128 Å². The van der Waals surface area contributed by atoms with Gasteiger partial charge in [0.15, 0.2) is 0 Å². The SMILES string of the molecule is Cc1cccc(C(N)c2ccc(C3CCCCC3)cc2)c1. The van der Waals surface area contributed by atoms with Crippen LogP contribution in [0.5, 0.6) is 0 Å². The van der Waals surface area contributed by atoms with Gasteiger partial charge in [-0.15, -0.1) is 0 Å². The van der Waals surface area contributed by atoms with Crippen molar-refractivity contribution in [3.05, 3.63) is 70.8 Å². The van der Waals surface area contributed by atoms with Crippen LogP contribution in [0.25, 0.3) is 0 Å². The van der Waals surface area contributed by atoms with Crippen molar-refractivity contribution >= 4 is 0 Å². The predicted octanol–water partition coefficient (Wildman–Crippen LogP) is 5.09. The number of aryl methyl sites for hydroxylation is 1. The molecule has 0 radical (unpaired) electrons. The minimum Gasteiger partial charge on any atom is -0.320 e. The molecule has 1 nitrogen and oxygen atoms in total. The molecule has 2 aromatic rings. The van der Waals surface area contributed by atoms with Gasteiger partial charge >= 0.3 is 0 Å². The van der Waals surface area contributed by atoms with Gasteiger partial charge < -0.3 is 5.73 Å². The van der Waals surface area contributed by atoms with E-state index in [2.05, 4.69) is 55.5 Å². The van der Waals surface area contributed by atoms with Crippen molar-refractivity contribution in [2.75, 3.05) is 0 Å². The Kier molecular flexibility index (Phi) is 4.40. The molecule has 1 aliphatic rings. The largest absolute Gasteiger partial charge is 0.320 e. The van der Waals surface area contributed by atoms with Gasteiger partial charge in [0.1, 0.15) is 0 Å². The van der Waals surface area contributed by atoms with Crippen molar-refractivity contribution < 1.29 is 0 Å². The molecule has 1 unspecified atom stereocenters. The van der Waals surface area contributed by atoms with Gasteiger partial charge in [0.25, 0.3) is 0 Å². The summed E-state index contributed by atoms with van der Waals surface area (Å²) in [5.41, 5.74) is 11.6. The molecule has 0 aromatic heterocycles. The van der Waals surface area contributed by atoms with Crippen LogP contribution in [0.1, 0.15) is 66.3 Å². The summed E-state index contributed by atoms with van der Waals surface area (Å²) in [6.07, 6.45) is 6.88. The minimum absolute atomic E-state index is 0.0229. The van der Waals surface area contributed by atoms with Crippen LogP contribution in [0, 0.1) is 6.92 Å². The van der Waals surface area contributed by atoms with Crippen LogP contribution in [-0.4, -0.2) is 0 Å². The normalized spacial score (nSPS) is 17.6. The number of rotatable bonds is 3. The molecule has 0 amide bonds. The van der Waals surface area contributed by atoms with E-state index in [4.69, 9.17) is 5.73 Å². The van der Waals surface area contributed by atoms with E-state index in [0.717, 1.165) is 5.92 Å². The quantitative estimate of drug-likeness (QED) is 0.832. The average molecular weight is 279 g/mol. The highest BCUT2D eigenvalue weighted by molar-refractivity contribution is 5.35. The van der Waals surface area contributed by atoms with E-state index in [1.165, 1.54) is 54.4 Å². The van der Waals surface area contributed by atoms with Gasteiger partial charge in [-0.2, -0.15) is 0 Å². The van der Waals surface area contributed by atoms with Crippen molar-refractivity contribution in [1.29, 1.82) is 0 Å². The Balaban J connectivity index is 1.77. The Morgan fingerprint density at radius 2 is 1.62 bits per heavy atom. The molecular formula is C20H25N. The first-order chi connectivity index (χ1) is 10.2. The number of nitrogens with two attached hydrogens (primary N) is 1. The molecule has 21 heavy (non-hydrogen) atoms. The fourth-order valence-electron chi connectivity index (χ4n) is 3.47. The molecule has 1 saturated carbocycles. The molecule has 3 rings (SSSR count). The maximum Gasteiger partial charge on any atom is 0.0551 e. The molecule has 0 aliphatic heterocycles. The molecule has 0 heterocycles. The van der Waals surface area contributed by atoms with Gasteiger partial charge in [0.05, 0.1) is 6.04 Å². The van der Waals surface area contributed by atoms with Crippen molar-refractivity contribution in [3.8, 4) is 0 Å². The topological polar surface area (TPSA) is 26.0 Å². The molecule has 1 atom stereocenters. The van der Waals surface area contributed by atoms with Gasteiger partial charge in [-0.1, -0.05) is 73.4 Å². The van der Waals surface area contributed by atoms with Crippen LogP contribution in [0.4, 0.5) is 0 Å². The second kappa shape index (κ2) is 6.44. The van der Waals surface area contributed by atoms with Crippen molar-refractivity contribution in [3.63, 3.8) is 0 Å². The van der Waals surface area contributed by atoms with E-state index < -0.39 is 0 Å². The highest BCUT2D eigenvalue weighted by Gasteiger charge is 2.16. The molecular weight excluding hydrogens is 254 g/mol. The molecule has 1 aliphatic carbocycles. The third-order valence-electron chi connectivity index (χ3n) is 4.77. The van der Waals surface area contributed by atoms with E-state index in [1.54, 1.807) is 0 Å². The Morgan fingerprint density at radius 3 is 2.29 bits per heavy atom. The Morgan fingerprint density at radius 1 is 0.905 bits per heavy atom. The van der Waals surface area contributed by atoms with E-state index in [9.17, 15) is 0 Å². The van der Waals surface area contributed by atoms with Crippen LogP contribution in [0.3, 0.4) is 0 Å². The minimum atomic E-state index is -0.0229. The zero-order chi connectivity index (χ0) is 14.7.